The molecular weight excluding hydrogens is 248 g/mol. The van der Waals surface area contributed by atoms with Crippen molar-refractivity contribution in [3.8, 4) is 0 Å². The van der Waals surface area contributed by atoms with E-state index in [1.807, 2.05) is 0 Å². The molecular formula is C18H37S. The van der Waals surface area contributed by atoms with Crippen molar-refractivity contribution in [2.75, 3.05) is 5.75 Å². The Balaban J connectivity index is 2.99. The average molecular weight is 286 g/mol. The number of rotatable bonds is 13. The summed E-state index contributed by atoms with van der Waals surface area (Å²) in [7, 11) is 0. The molecule has 0 aromatic heterocycles. The third-order valence-corrected chi connectivity index (χ3v) is 4.11. The van der Waals surface area contributed by atoms with Gasteiger partial charge in [-0.3, -0.25) is 0 Å². The van der Waals surface area contributed by atoms with Crippen molar-refractivity contribution >= 4 is 12.6 Å². The van der Waals surface area contributed by atoms with Crippen LogP contribution in [0.4, 0.5) is 0 Å². The first-order valence-corrected chi connectivity index (χ1v) is 9.22. The predicted molar refractivity (Wildman–Crippen MR) is 91.9 cm³/mol. The van der Waals surface area contributed by atoms with Gasteiger partial charge in [0.25, 0.3) is 0 Å². The molecule has 0 rings (SSSR count). The van der Waals surface area contributed by atoms with Gasteiger partial charge in [-0.05, 0) is 18.3 Å². The van der Waals surface area contributed by atoms with Gasteiger partial charge in [-0.15, -0.1) is 0 Å². The molecule has 0 nitrogen and oxygen atoms in total. The van der Waals surface area contributed by atoms with E-state index in [0.717, 1.165) is 5.75 Å². The highest BCUT2D eigenvalue weighted by Gasteiger charge is 2.08. The van der Waals surface area contributed by atoms with E-state index >= 15 is 0 Å². The van der Waals surface area contributed by atoms with Crippen LogP contribution in [-0.2, 0) is 0 Å². The van der Waals surface area contributed by atoms with Gasteiger partial charge in [-0.2, -0.15) is 0 Å². The molecule has 0 unspecified atom stereocenters. The van der Waals surface area contributed by atoms with Crippen LogP contribution in [0.3, 0.4) is 0 Å². The Morgan fingerprint density at radius 1 is 0.526 bits per heavy atom. The number of hydrogen-bond donors (Lipinski definition) is 0. The van der Waals surface area contributed by atoms with Gasteiger partial charge in [0.15, 0.2) is 0 Å². The first-order chi connectivity index (χ1) is 9.06. The van der Waals surface area contributed by atoms with Crippen molar-refractivity contribution in [2.45, 2.75) is 104 Å². The normalized spacial score (nSPS) is 12.0. The fourth-order valence-corrected chi connectivity index (χ4v) is 2.73. The van der Waals surface area contributed by atoms with Crippen LogP contribution in [0.25, 0.3) is 0 Å². The standard InChI is InChI=1S/C18H37S/c1-18(2,3)16-14-12-10-8-6-4-5-7-9-11-13-15-17-19/h4-17H2,1-3H3. The summed E-state index contributed by atoms with van der Waals surface area (Å²) >= 11 is 4.95. The van der Waals surface area contributed by atoms with Gasteiger partial charge in [-0.25, -0.2) is 0 Å². The van der Waals surface area contributed by atoms with Crippen molar-refractivity contribution < 1.29 is 0 Å². The van der Waals surface area contributed by atoms with Gasteiger partial charge < -0.3 is 0 Å². The molecule has 0 aliphatic heterocycles. The maximum absolute atomic E-state index is 4.95. The highest BCUT2D eigenvalue weighted by Crippen LogP contribution is 2.22. The molecule has 1 heteroatoms. The summed E-state index contributed by atoms with van der Waals surface area (Å²) in [6, 6.07) is 0. The van der Waals surface area contributed by atoms with E-state index in [1.54, 1.807) is 0 Å². The fraction of sp³-hybridized carbons (Fsp3) is 1.00. The lowest BCUT2D eigenvalue weighted by atomic mass is 9.89. The molecule has 1 radical (unpaired) electrons. The Bertz CT molecular complexity index is 169. The van der Waals surface area contributed by atoms with Crippen LogP contribution in [0.1, 0.15) is 104 Å². The highest BCUT2D eigenvalue weighted by molar-refractivity contribution is 7.80. The maximum atomic E-state index is 4.95. The van der Waals surface area contributed by atoms with E-state index in [2.05, 4.69) is 20.8 Å². The minimum absolute atomic E-state index is 0.533. The van der Waals surface area contributed by atoms with Crippen molar-refractivity contribution in [1.29, 1.82) is 0 Å². The van der Waals surface area contributed by atoms with Gasteiger partial charge in [0, 0.05) is 5.75 Å². The second kappa shape index (κ2) is 13.3. The Morgan fingerprint density at radius 3 is 1.16 bits per heavy atom. The summed E-state index contributed by atoms with van der Waals surface area (Å²) in [4.78, 5) is 0. The highest BCUT2D eigenvalue weighted by atomic mass is 32.1. The largest absolute Gasteiger partial charge is 0.0942 e. The molecule has 0 saturated heterocycles. The van der Waals surface area contributed by atoms with Gasteiger partial charge >= 0.3 is 0 Å². The molecule has 0 N–H and O–H groups in total. The Labute approximate surface area is 128 Å². The second-order valence-corrected chi connectivity index (χ2v) is 7.67. The lowest BCUT2D eigenvalue weighted by molar-refractivity contribution is 0.356. The first-order valence-electron chi connectivity index (χ1n) is 8.64. The summed E-state index contributed by atoms with van der Waals surface area (Å²) in [6.07, 6.45) is 18.4. The number of unbranched alkanes of at least 4 members (excludes halogenated alkanes) is 11. The Morgan fingerprint density at radius 2 is 0.842 bits per heavy atom. The van der Waals surface area contributed by atoms with Crippen LogP contribution in [0, 0.1) is 5.41 Å². The van der Waals surface area contributed by atoms with Crippen LogP contribution in [-0.4, -0.2) is 5.75 Å². The van der Waals surface area contributed by atoms with E-state index in [9.17, 15) is 0 Å². The van der Waals surface area contributed by atoms with Crippen molar-refractivity contribution in [2.24, 2.45) is 5.41 Å². The predicted octanol–water partition coefficient (Wildman–Crippen LogP) is 7.30. The topological polar surface area (TPSA) is 0 Å². The zero-order valence-corrected chi connectivity index (χ0v) is 14.6. The third kappa shape index (κ3) is 18.4. The molecule has 0 amide bonds. The summed E-state index contributed by atoms with van der Waals surface area (Å²) in [5.74, 6) is 0.954. The monoisotopic (exact) mass is 285 g/mol. The van der Waals surface area contributed by atoms with Crippen molar-refractivity contribution in [3.05, 3.63) is 0 Å². The molecule has 0 aromatic rings. The smallest absolute Gasteiger partial charge is 0.00369 e. The van der Waals surface area contributed by atoms with Gasteiger partial charge in [0.2, 0.25) is 0 Å². The summed E-state index contributed by atoms with van der Waals surface area (Å²) in [5.41, 5.74) is 0.533. The number of hydrogen-bond acceptors (Lipinski definition) is 0. The summed E-state index contributed by atoms with van der Waals surface area (Å²) in [5, 5.41) is 0. The molecule has 0 heterocycles. The van der Waals surface area contributed by atoms with E-state index < -0.39 is 0 Å². The van der Waals surface area contributed by atoms with Gasteiger partial charge in [0.05, 0.1) is 0 Å². The van der Waals surface area contributed by atoms with Crippen molar-refractivity contribution in [3.63, 3.8) is 0 Å². The van der Waals surface area contributed by atoms with E-state index in [1.165, 1.54) is 83.5 Å². The van der Waals surface area contributed by atoms with Gasteiger partial charge in [0.1, 0.15) is 0 Å². The lowest BCUT2D eigenvalue weighted by Gasteiger charge is -2.17. The molecule has 0 aromatic carbocycles. The zero-order chi connectivity index (χ0) is 14.4. The van der Waals surface area contributed by atoms with Crippen LogP contribution in [0.2, 0.25) is 0 Å². The maximum Gasteiger partial charge on any atom is 0.00369 e. The SMILES string of the molecule is CC(C)(C)CCCCCCCCCCCCCC[S]. The molecule has 0 aliphatic carbocycles. The lowest BCUT2D eigenvalue weighted by Crippen LogP contribution is -2.03. The summed E-state index contributed by atoms with van der Waals surface area (Å²) < 4.78 is 0. The van der Waals surface area contributed by atoms with Crippen LogP contribution < -0.4 is 0 Å². The van der Waals surface area contributed by atoms with Crippen LogP contribution in [0.15, 0.2) is 0 Å². The molecule has 0 aliphatic rings. The van der Waals surface area contributed by atoms with Crippen LogP contribution in [0.5, 0.6) is 0 Å². The van der Waals surface area contributed by atoms with E-state index in [4.69, 9.17) is 12.6 Å². The van der Waals surface area contributed by atoms with Crippen molar-refractivity contribution in [1.82, 2.24) is 0 Å². The molecule has 0 bridgehead atoms. The molecule has 0 saturated carbocycles. The Hall–Kier alpha value is 0.350. The molecule has 19 heavy (non-hydrogen) atoms. The van der Waals surface area contributed by atoms with E-state index in [-0.39, 0.29) is 0 Å². The quantitative estimate of drug-likeness (QED) is 0.311. The van der Waals surface area contributed by atoms with E-state index in [0.29, 0.717) is 5.41 Å². The third-order valence-electron chi connectivity index (χ3n) is 3.82. The minimum Gasteiger partial charge on any atom is -0.0942 e. The summed E-state index contributed by atoms with van der Waals surface area (Å²) in [6.45, 7) is 7.05. The Kier molecular flexibility index (Phi) is 13.6. The average Bonchev–Trinajstić information content (AvgIpc) is 2.34. The molecule has 115 valence electrons. The fourth-order valence-electron chi connectivity index (χ4n) is 2.53. The molecule has 0 atom stereocenters. The minimum atomic E-state index is 0.533. The van der Waals surface area contributed by atoms with Crippen LogP contribution >= 0.6 is 12.6 Å². The molecule has 0 spiro atoms. The van der Waals surface area contributed by atoms with Gasteiger partial charge in [-0.1, -0.05) is 104 Å². The first kappa shape index (κ1) is 19.4. The second-order valence-electron chi connectivity index (χ2n) is 7.26. The molecule has 0 fully saturated rings. The zero-order valence-electron chi connectivity index (χ0n) is 13.8.